The fourth-order valence-corrected chi connectivity index (χ4v) is 5.04. The number of carboxylic acid groups (broad SMARTS) is 1. The molecular weight excluding hydrogens is 340 g/mol. The molecule has 0 heterocycles. The molecule has 0 amide bonds. The average molecular weight is 377 g/mol. The van der Waals surface area contributed by atoms with Gasteiger partial charge in [0, 0.05) is 17.4 Å². The molecule has 1 aliphatic carbocycles. The van der Waals surface area contributed by atoms with E-state index in [0.29, 0.717) is 18.6 Å². The van der Waals surface area contributed by atoms with E-state index in [1.807, 2.05) is 0 Å². The van der Waals surface area contributed by atoms with E-state index in [2.05, 4.69) is 6.92 Å². The predicted molar refractivity (Wildman–Crippen MR) is 102 cm³/mol. The predicted octanol–water partition coefficient (Wildman–Crippen LogP) is 3.05. The van der Waals surface area contributed by atoms with Crippen LogP contribution in [0.4, 0.5) is 0 Å². The molecule has 6 heteroatoms. The maximum absolute atomic E-state index is 10.8. The number of carboxylic acids is 1. The van der Waals surface area contributed by atoms with Gasteiger partial charge in [-0.3, -0.25) is 4.79 Å². The second-order valence-electron chi connectivity index (χ2n) is 7.51. The molecule has 1 aliphatic rings. The average Bonchev–Trinajstić information content (AvgIpc) is 2.83. The molecule has 6 unspecified atom stereocenters. The van der Waals surface area contributed by atoms with Crippen LogP contribution in [0.5, 0.6) is 0 Å². The van der Waals surface area contributed by atoms with Crippen molar-refractivity contribution in [3.63, 3.8) is 0 Å². The molecule has 1 rings (SSSR count). The number of hydrogen-bond acceptors (Lipinski definition) is 5. The van der Waals surface area contributed by atoms with Crippen LogP contribution >= 0.6 is 11.8 Å². The van der Waals surface area contributed by atoms with Crippen molar-refractivity contribution in [1.82, 2.24) is 0 Å². The maximum atomic E-state index is 10.8. The van der Waals surface area contributed by atoms with Crippen molar-refractivity contribution < 1.29 is 25.2 Å². The molecule has 148 valence electrons. The van der Waals surface area contributed by atoms with Gasteiger partial charge in [0.2, 0.25) is 0 Å². The van der Waals surface area contributed by atoms with E-state index in [1.54, 1.807) is 18.7 Å². The molecule has 6 atom stereocenters. The van der Waals surface area contributed by atoms with Crippen molar-refractivity contribution in [2.75, 3.05) is 5.75 Å². The van der Waals surface area contributed by atoms with Crippen LogP contribution in [-0.4, -0.2) is 55.7 Å². The van der Waals surface area contributed by atoms with Crippen LogP contribution in [0.3, 0.4) is 0 Å². The van der Waals surface area contributed by atoms with Crippen LogP contribution < -0.4 is 0 Å². The van der Waals surface area contributed by atoms with E-state index in [4.69, 9.17) is 5.11 Å². The van der Waals surface area contributed by atoms with Crippen LogP contribution in [0.2, 0.25) is 0 Å². The van der Waals surface area contributed by atoms with Crippen molar-refractivity contribution >= 4 is 17.7 Å². The van der Waals surface area contributed by atoms with Crippen LogP contribution in [-0.2, 0) is 4.79 Å². The lowest BCUT2D eigenvalue weighted by atomic mass is 9.96. The van der Waals surface area contributed by atoms with Crippen LogP contribution in [0.1, 0.15) is 71.6 Å². The van der Waals surface area contributed by atoms with E-state index in [9.17, 15) is 20.1 Å². The van der Waals surface area contributed by atoms with Gasteiger partial charge in [-0.25, -0.2) is 0 Å². The molecule has 5 nitrogen and oxygen atoms in total. The summed E-state index contributed by atoms with van der Waals surface area (Å²) in [4.78, 5) is 10.8. The first kappa shape index (κ1) is 22.7. The molecule has 1 saturated carbocycles. The standard InChI is InChI=1S/C19H36O5S/c1-3-4-9-14(20)12-25-18-15(16(21)11-17(18)22)10-7-5-6-8-13(2)19(23)24/h13-18,20-22H,3-12H2,1-2H3,(H,23,24). The van der Waals surface area contributed by atoms with Crippen LogP contribution in [0, 0.1) is 11.8 Å². The first-order chi connectivity index (χ1) is 11.9. The molecule has 0 saturated heterocycles. The summed E-state index contributed by atoms with van der Waals surface area (Å²) in [5.74, 6) is -0.365. The number of rotatable bonds is 13. The molecule has 0 aromatic heterocycles. The summed E-state index contributed by atoms with van der Waals surface area (Å²) >= 11 is 1.60. The highest BCUT2D eigenvalue weighted by atomic mass is 32.2. The first-order valence-electron chi connectivity index (χ1n) is 9.75. The molecular formula is C19H36O5S. The summed E-state index contributed by atoms with van der Waals surface area (Å²) in [6.07, 6.45) is 6.28. The minimum absolute atomic E-state index is 0.00998. The Bertz CT molecular complexity index is 379. The molecule has 0 aromatic rings. The third-order valence-electron chi connectivity index (χ3n) is 5.25. The molecule has 0 bridgehead atoms. The lowest BCUT2D eigenvalue weighted by molar-refractivity contribution is -0.141. The van der Waals surface area contributed by atoms with E-state index in [1.165, 1.54) is 0 Å². The highest BCUT2D eigenvalue weighted by Gasteiger charge is 2.41. The Morgan fingerprint density at radius 3 is 2.48 bits per heavy atom. The Balaban J connectivity index is 2.32. The third-order valence-corrected chi connectivity index (χ3v) is 6.87. The van der Waals surface area contributed by atoms with E-state index >= 15 is 0 Å². The third kappa shape index (κ3) is 8.29. The van der Waals surface area contributed by atoms with Crippen molar-refractivity contribution in [1.29, 1.82) is 0 Å². The van der Waals surface area contributed by atoms with Gasteiger partial charge in [0.25, 0.3) is 0 Å². The van der Waals surface area contributed by atoms with E-state index < -0.39 is 18.2 Å². The quantitative estimate of drug-likeness (QED) is 0.369. The molecule has 25 heavy (non-hydrogen) atoms. The lowest BCUT2D eigenvalue weighted by Crippen LogP contribution is -2.27. The van der Waals surface area contributed by atoms with Crippen molar-refractivity contribution in [3.05, 3.63) is 0 Å². The smallest absolute Gasteiger partial charge is 0.306 e. The van der Waals surface area contributed by atoms with Gasteiger partial charge in [-0.15, -0.1) is 0 Å². The van der Waals surface area contributed by atoms with Gasteiger partial charge in [-0.2, -0.15) is 11.8 Å². The lowest BCUT2D eigenvalue weighted by Gasteiger charge is -2.24. The van der Waals surface area contributed by atoms with Gasteiger partial charge >= 0.3 is 5.97 Å². The van der Waals surface area contributed by atoms with Gasteiger partial charge in [-0.05, 0) is 25.2 Å². The topological polar surface area (TPSA) is 98.0 Å². The van der Waals surface area contributed by atoms with Gasteiger partial charge < -0.3 is 20.4 Å². The fraction of sp³-hybridized carbons (Fsp3) is 0.947. The zero-order chi connectivity index (χ0) is 18.8. The summed E-state index contributed by atoms with van der Waals surface area (Å²) in [5, 5.41) is 39.4. The van der Waals surface area contributed by atoms with Gasteiger partial charge in [-0.1, -0.05) is 46.0 Å². The SMILES string of the molecule is CCCCC(O)CSC1C(O)CC(O)C1CCCCCC(C)C(=O)O. The minimum atomic E-state index is -0.743. The second kappa shape index (κ2) is 12.2. The number of unbranched alkanes of at least 4 members (excludes halogenated alkanes) is 3. The number of aliphatic hydroxyl groups is 3. The summed E-state index contributed by atoms with van der Waals surface area (Å²) < 4.78 is 0. The van der Waals surface area contributed by atoms with E-state index in [-0.39, 0.29) is 23.2 Å². The normalized spacial score (nSPS) is 28.8. The van der Waals surface area contributed by atoms with E-state index in [0.717, 1.165) is 44.9 Å². The molecule has 0 aromatic carbocycles. The van der Waals surface area contributed by atoms with Gasteiger partial charge in [0.15, 0.2) is 0 Å². The zero-order valence-electron chi connectivity index (χ0n) is 15.6. The van der Waals surface area contributed by atoms with Crippen LogP contribution in [0.25, 0.3) is 0 Å². The Morgan fingerprint density at radius 1 is 1.12 bits per heavy atom. The summed E-state index contributed by atoms with van der Waals surface area (Å²) in [6, 6.07) is 0. The second-order valence-corrected chi connectivity index (χ2v) is 8.72. The fourth-order valence-electron chi connectivity index (χ4n) is 3.53. The first-order valence-corrected chi connectivity index (χ1v) is 10.8. The number of hydrogen-bond donors (Lipinski definition) is 4. The molecule has 0 aliphatic heterocycles. The number of aliphatic carboxylic acids is 1. The Hall–Kier alpha value is -0.300. The Kier molecular flexibility index (Phi) is 11.1. The molecule has 0 radical (unpaired) electrons. The Morgan fingerprint density at radius 2 is 1.84 bits per heavy atom. The minimum Gasteiger partial charge on any atom is -0.481 e. The summed E-state index contributed by atoms with van der Waals surface area (Å²) in [5.41, 5.74) is 0. The largest absolute Gasteiger partial charge is 0.481 e. The maximum Gasteiger partial charge on any atom is 0.306 e. The van der Waals surface area contributed by atoms with Gasteiger partial charge in [0.05, 0.1) is 24.2 Å². The van der Waals surface area contributed by atoms with Gasteiger partial charge in [0.1, 0.15) is 0 Å². The monoisotopic (exact) mass is 376 g/mol. The number of aliphatic hydroxyl groups excluding tert-OH is 3. The summed E-state index contributed by atoms with van der Waals surface area (Å²) in [7, 11) is 0. The molecule has 1 fully saturated rings. The number of thioether (sulfide) groups is 1. The zero-order valence-corrected chi connectivity index (χ0v) is 16.5. The molecule has 0 spiro atoms. The van der Waals surface area contributed by atoms with Crippen LogP contribution in [0.15, 0.2) is 0 Å². The molecule has 4 N–H and O–H groups in total. The highest BCUT2D eigenvalue weighted by Crippen LogP contribution is 2.39. The Labute approximate surface area is 156 Å². The van der Waals surface area contributed by atoms with Crippen molar-refractivity contribution in [2.24, 2.45) is 11.8 Å². The van der Waals surface area contributed by atoms with Crippen molar-refractivity contribution in [2.45, 2.75) is 95.2 Å². The highest BCUT2D eigenvalue weighted by molar-refractivity contribution is 8.00. The van der Waals surface area contributed by atoms with Crippen molar-refractivity contribution in [3.8, 4) is 0 Å². The summed E-state index contributed by atoms with van der Waals surface area (Å²) in [6.45, 7) is 3.83. The number of carbonyl (C=O) groups is 1.